The fourth-order valence-electron chi connectivity index (χ4n) is 1.96. The molecule has 0 unspecified atom stereocenters. The van der Waals surface area contributed by atoms with Crippen molar-refractivity contribution in [3.8, 4) is 0 Å². The van der Waals surface area contributed by atoms with Gasteiger partial charge in [-0.15, -0.1) is 0 Å². The molecule has 3 rings (SSSR count). The van der Waals surface area contributed by atoms with Gasteiger partial charge in [-0.2, -0.15) is 4.98 Å². The summed E-state index contributed by atoms with van der Waals surface area (Å²) in [5.41, 5.74) is 1.21. The van der Waals surface area contributed by atoms with Crippen molar-refractivity contribution in [2.24, 2.45) is 5.92 Å². The van der Waals surface area contributed by atoms with Gasteiger partial charge in [0, 0.05) is 12.8 Å². The van der Waals surface area contributed by atoms with Gasteiger partial charge in [-0.1, -0.05) is 35.5 Å². The first-order valence-corrected chi connectivity index (χ1v) is 5.96. The Morgan fingerprint density at radius 3 is 2.76 bits per heavy atom. The van der Waals surface area contributed by atoms with Crippen LogP contribution in [-0.2, 0) is 12.8 Å². The van der Waals surface area contributed by atoms with Crippen LogP contribution in [0.15, 0.2) is 34.9 Å². The SMILES string of the molecule is c1ccc(Cc2noc(CC3CNC3)n2)cc1. The molecular formula is C13H15N3O. The summed E-state index contributed by atoms with van der Waals surface area (Å²) in [5.74, 6) is 2.21. The second-order valence-electron chi connectivity index (χ2n) is 4.50. The average Bonchev–Trinajstić information content (AvgIpc) is 2.73. The van der Waals surface area contributed by atoms with Crippen molar-refractivity contribution in [1.82, 2.24) is 15.5 Å². The smallest absolute Gasteiger partial charge is 0.227 e. The molecule has 0 radical (unpaired) electrons. The van der Waals surface area contributed by atoms with E-state index in [0.29, 0.717) is 5.92 Å². The molecular weight excluding hydrogens is 214 g/mol. The van der Waals surface area contributed by atoms with Gasteiger partial charge in [-0.05, 0) is 24.6 Å². The molecule has 0 atom stereocenters. The van der Waals surface area contributed by atoms with Crippen molar-refractivity contribution in [1.29, 1.82) is 0 Å². The molecule has 1 aliphatic heterocycles. The average molecular weight is 229 g/mol. The van der Waals surface area contributed by atoms with Crippen LogP contribution in [0.2, 0.25) is 0 Å². The number of hydrogen-bond acceptors (Lipinski definition) is 4. The van der Waals surface area contributed by atoms with Crippen LogP contribution in [0.3, 0.4) is 0 Å². The van der Waals surface area contributed by atoms with Crippen LogP contribution in [0.1, 0.15) is 17.3 Å². The van der Waals surface area contributed by atoms with E-state index in [0.717, 1.165) is 37.6 Å². The first-order chi connectivity index (χ1) is 8.40. The van der Waals surface area contributed by atoms with Gasteiger partial charge < -0.3 is 9.84 Å². The van der Waals surface area contributed by atoms with Gasteiger partial charge in [0.15, 0.2) is 5.82 Å². The fourth-order valence-corrected chi connectivity index (χ4v) is 1.96. The van der Waals surface area contributed by atoms with Gasteiger partial charge >= 0.3 is 0 Å². The first kappa shape index (κ1) is 10.5. The maximum atomic E-state index is 5.25. The number of aromatic nitrogens is 2. The van der Waals surface area contributed by atoms with Gasteiger partial charge in [0.1, 0.15) is 0 Å². The zero-order valence-corrected chi connectivity index (χ0v) is 9.60. The Morgan fingerprint density at radius 1 is 1.24 bits per heavy atom. The van der Waals surface area contributed by atoms with Gasteiger partial charge in [0.2, 0.25) is 5.89 Å². The highest BCUT2D eigenvalue weighted by atomic mass is 16.5. The number of benzene rings is 1. The van der Waals surface area contributed by atoms with Crippen molar-refractivity contribution in [2.45, 2.75) is 12.8 Å². The maximum Gasteiger partial charge on any atom is 0.227 e. The highest BCUT2D eigenvalue weighted by Gasteiger charge is 2.20. The molecule has 0 aliphatic carbocycles. The van der Waals surface area contributed by atoms with E-state index >= 15 is 0 Å². The lowest BCUT2D eigenvalue weighted by atomic mass is 10.00. The molecule has 1 fully saturated rings. The van der Waals surface area contributed by atoms with E-state index in [1.165, 1.54) is 5.56 Å². The van der Waals surface area contributed by atoms with Crippen molar-refractivity contribution in [3.05, 3.63) is 47.6 Å². The molecule has 17 heavy (non-hydrogen) atoms. The Balaban J connectivity index is 1.64. The highest BCUT2D eigenvalue weighted by Crippen LogP contribution is 2.12. The Hall–Kier alpha value is -1.68. The largest absolute Gasteiger partial charge is 0.339 e. The summed E-state index contributed by atoms with van der Waals surface area (Å²) in [6.07, 6.45) is 1.64. The minimum atomic E-state index is 0.667. The lowest BCUT2D eigenvalue weighted by Crippen LogP contribution is -2.43. The van der Waals surface area contributed by atoms with E-state index in [1.807, 2.05) is 18.2 Å². The van der Waals surface area contributed by atoms with Crippen molar-refractivity contribution >= 4 is 0 Å². The Bertz CT molecular complexity index is 476. The topological polar surface area (TPSA) is 51.0 Å². The van der Waals surface area contributed by atoms with E-state index in [2.05, 4.69) is 27.6 Å². The number of nitrogens with one attached hydrogen (secondary N) is 1. The van der Waals surface area contributed by atoms with Crippen LogP contribution in [0.25, 0.3) is 0 Å². The second kappa shape index (κ2) is 4.67. The van der Waals surface area contributed by atoms with Crippen LogP contribution in [0, 0.1) is 5.92 Å². The molecule has 1 aliphatic rings. The lowest BCUT2D eigenvalue weighted by Gasteiger charge is -2.25. The Morgan fingerprint density at radius 2 is 2.06 bits per heavy atom. The van der Waals surface area contributed by atoms with E-state index in [-0.39, 0.29) is 0 Å². The third-order valence-corrected chi connectivity index (χ3v) is 3.04. The monoisotopic (exact) mass is 229 g/mol. The molecule has 1 aromatic carbocycles. The predicted molar refractivity (Wildman–Crippen MR) is 63.6 cm³/mol. The van der Waals surface area contributed by atoms with Gasteiger partial charge in [0.05, 0.1) is 0 Å². The maximum absolute atomic E-state index is 5.25. The molecule has 0 bridgehead atoms. The fraction of sp³-hybridized carbons (Fsp3) is 0.385. The molecule has 88 valence electrons. The standard InChI is InChI=1S/C13H15N3O/c1-2-4-10(5-3-1)6-12-15-13(17-16-12)7-11-8-14-9-11/h1-5,11,14H,6-9H2. The molecule has 4 heteroatoms. The molecule has 1 aromatic heterocycles. The third-order valence-electron chi connectivity index (χ3n) is 3.04. The summed E-state index contributed by atoms with van der Waals surface area (Å²) in [4.78, 5) is 4.42. The number of rotatable bonds is 4. The summed E-state index contributed by atoms with van der Waals surface area (Å²) in [6.45, 7) is 2.13. The van der Waals surface area contributed by atoms with E-state index in [4.69, 9.17) is 4.52 Å². The summed E-state index contributed by atoms with van der Waals surface area (Å²) in [5, 5.41) is 7.25. The van der Waals surface area contributed by atoms with Crippen molar-refractivity contribution in [3.63, 3.8) is 0 Å². The summed E-state index contributed by atoms with van der Waals surface area (Å²) >= 11 is 0. The highest BCUT2D eigenvalue weighted by molar-refractivity contribution is 5.18. The molecule has 4 nitrogen and oxygen atoms in total. The van der Waals surface area contributed by atoms with Gasteiger partial charge in [-0.25, -0.2) is 0 Å². The van der Waals surface area contributed by atoms with Crippen molar-refractivity contribution < 1.29 is 4.52 Å². The second-order valence-corrected chi connectivity index (χ2v) is 4.50. The molecule has 2 heterocycles. The Kier molecular flexibility index (Phi) is 2.88. The number of nitrogens with zero attached hydrogens (tertiary/aromatic N) is 2. The van der Waals surface area contributed by atoms with Gasteiger partial charge in [-0.3, -0.25) is 0 Å². The lowest BCUT2D eigenvalue weighted by molar-refractivity contribution is 0.295. The summed E-state index contributed by atoms with van der Waals surface area (Å²) < 4.78 is 5.25. The molecule has 0 saturated carbocycles. The zero-order chi connectivity index (χ0) is 11.5. The summed E-state index contributed by atoms with van der Waals surface area (Å²) in [7, 11) is 0. The van der Waals surface area contributed by atoms with Crippen LogP contribution in [0.5, 0.6) is 0 Å². The number of hydrogen-bond donors (Lipinski definition) is 1. The minimum Gasteiger partial charge on any atom is -0.339 e. The first-order valence-electron chi connectivity index (χ1n) is 5.96. The van der Waals surface area contributed by atoms with E-state index < -0.39 is 0 Å². The zero-order valence-electron chi connectivity index (χ0n) is 9.60. The molecule has 2 aromatic rings. The minimum absolute atomic E-state index is 0.667. The summed E-state index contributed by atoms with van der Waals surface area (Å²) in [6, 6.07) is 10.2. The van der Waals surface area contributed by atoms with E-state index in [9.17, 15) is 0 Å². The van der Waals surface area contributed by atoms with Gasteiger partial charge in [0.25, 0.3) is 0 Å². The molecule has 0 spiro atoms. The van der Waals surface area contributed by atoms with Crippen LogP contribution in [0.4, 0.5) is 0 Å². The Labute approximate surface area is 100 Å². The van der Waals surface area contributed by atoms with Crippen LogP contribution >= 0.6 is 0 Å². The quantitative estimate of drug-likeness (QED) is 0.861. The van der Waals surface area contributed by atoms with Crippen molar-refractivity contribution in [2.75, 3.05) is 13.1 Å². The van der Waals surface area contributed by atoms with Crippen LogP contribution < -0.4 is 5.32 Å². The predicted octanol–water partition coefficient (Wildman–Crippen LogP) is 1.42. The molecule has 1 saturated heterocycles. The molecule has 1 N–H and O–H groups in total. The van der Waals surface area contributed by atoms with Crippen LogP contribution in [-0.4, -0.2) is 23.2 Å². The molecule has 0 amide bonds. The normalized spacial score (nSPS) is 15.8. The van der Waals surface area contributed by atoms with E-state index in [1.54, 1.807) is 0 Å². The third kappa shape index (κ3) is 2.53.